The molecular formula is C30H33N3O5. The van der Waals surface area contributed by atoms with Gasteiger partial charge in [0.15, 0.2) is 11.6 Å². The summed E-state index contributed by atoms with van der Waals surface area (Å²) in [6.07, 6.45) is 4.07. The van der Waals surface area contributed by atoms with Gasteiger partial charge in [-0.25, -0.2) is 10.4 Å². The van der Waals surface area contributed by atoms with Crippen LogP contribution >= 0.6 is 0 Å². The highest BCUT2D eigenvalue weighted by Gasteiger charge is 2.52. The van der Waals surface area contributed by atoms with Crippen LogP contribution in [-0.4, -0.2) is 49.8 Å². The zero-order valence-electron chi connectivity index (χ0n) is 21.6. The quantitative estimate of drug-likeness (QED) is 0.248. The third-order valence-electron chi connectivity index (χ3n) is 6.20. The molecule has 3 aromatic rings. The lowest BCUT2D eigenvalue weighted by atomic mass is 9.84. The van der Waals surface area contributed by atoms with Gasteiger partial charge in [-0.05, 0) is 47.5 Å². The molecule has 3 N–H and O–H groups in total. The van der Waals surface area contributed by atoms with E-state index in [0.717, 1.165) is 16.7 Å². The third-order valence-corrected chi connectivity index (χ3v) is 6.20. The number of nitrogens with one attached hydrogen (secondary N) is 2. The Balaban J connectivity index is 1.73. The maximum atomic E-state index is 13.7. The van der Waals surface area contributed by atoms with Gasteiger partial charge in [0.05, 0.1) is 13.7 Å². The molecule has 1 aliphatic rings. The van der Waals surface area contributed by atoms with Crippen LogP contribution in [0.1, 0.15) is 35.6 Å². The first-order chi connectivity index (χ1) is 18.6. The summed E-state index contributed by atoms with van der Waals surface area (Å²) in [4.78, 5) is 18.6. The number of amides is 1. The highest BCUT2D eigenvalue weighted by atomic mass is 16.5. The lowest BCUT2D eigenvalue weighted by Gasteiger charge is -2.29. The molecule has 0 unspecified atom stereocenters. The number of aliphatic hydroxyl groups is 1. The summed E-state index contributed by atoms with van der Waals surface area (Å²) in [5.74, 6) is 1.38. The van der Waals surface area contributed by atoms with Gasteiger partial charge in [0, 0.05) is 32.1 Å². The van der Waals surface area contributed by atoms with Crippen LogP contribution in [0.4, 0.5) is 0 Å². The van der Waals surface area contributed by atoms with Gasteiger partial charge >= 0.3 is 0 Å². The van der Waals surface area contributed by atoms with E-state index in [9.17, 15) is 4.79 Å². The monoisotopic (exact) mass is 515 g/mol. The molecule has 198 valence electrons. The van der Waals surface area contributed by atoms with E-state index in [4.69, 9.17) is 24.3 Å². The molecule has 0 saturated carbocycles. The maximum absolute atomic E-state index is 13.7. The number of hydrogen-bond acceptors (Lipinski definition) is 7. The molecule has 0 spiro atoms. The van der Waals surface area contributed by atoms with Gasteiger partial charge < -0.3 is 19.3 Å². The van der Waals surface area contributed by atoms with Crippen molar-refractivity contribution in [2.45, 2.75) is 24.5 Å². The molecule has 1 aliphatic heterocycles. The van der Waals surface area contributed by atoms with Crippen LogP contribution in [0.3, 0.4) is 0 Å². The highest BCUT2D eigenvalue weighted by molar-refractivity contribution is 6.01. The Hall–Kier alpha value is -4.14. The number of aliphatic imine (C=N–C) groups is 1. The number of nitrogens with zero attached hydrogens (tertiary/aromatic N) is 1. The van der Waals surface area contributed by atoms with Gasteiger partial charge in [0.25, 0.3) is 5.91 Å². The van der Waals surface area contributed by atoms with Gasteiger partial charge in [0.1, 0.15) is 11.5 Å². The van der Waals surface area contributed by atoms with Crippen molar-refractivity contribution in [3.63, 3.8) is 0 Å². The van der Waals surface area contributed by atoms with Gasteiger partial charge in [-0.1, -0.05) is 54.6 Å². The zero-order chi connectivity index (χ0) is 26.8. The van der Waals surface area contributed by atoms with Crippen molar-refractivity contribution in [1.82, 2.24) is 10.9 Å². The Morgan fingerprint density at radius 3 is 2.58 bits per heavy atom. The van der Waals surface area contributed by atoms with E-state index in [1.165, 1.54) is 0 Å². The van der Waals surface area contributed by atoms with Crippen LogP contribution < -0.4 is 20.3 Å². The Morgan fingerprint density at radius 1 is 1.08 bits per heavy atom. The van der Waals surface area contributed by atoms with Gasteiger partial charge in [0.2, 0.25) is 5.90 Å². The van der Waals surface area contributed by atoms with Crippen molar-refractivity contribution in [3.8, 4) is 11.5 Å². The van der Waals surface area contributed by atoms with Crippen molar-refractivity contribution >= 4 is 17.9 Å². The zero-order valence-corrected chi connectivity index (χ0v) is 21.6. The van der Waals surface area contributed by atoms with Crippen molar-refractivity contribution in [3.05, 3.63) is 102 Å². The first-order valence-electron chi connectivity index (χ1n) is 12.5. The lowest BCUT2D eigenvalue weighted by Crippen LogP contribution is -2.51. The minimum atomic E-state index is -1.29. The summed E-state index contributed by atoms with van der Waals surface area (Å²) in [7, 11) is 3.24. The second kappa shape index (κ2) is 12.9. The Bertz CT molecular complexity index is 1260. The predicted molar refractivity (Wildman–Crippen MR) is 147 cm³/mol. The van der Waals surface area contributed by atoms with E-state index in [-0.39, 0.29) is 12.5 Å². The molecule has 0 saturated heterocycles. The fraction of sp³-hybridized carbons (Fsp3) is 0.267. The second-order valence-corrected chi connectivity index (χ2v) is 8.79. The van der Waals surface area contributed by atoms with Crippen LogP contribution in [0, 0.1) is 0 Å². The predicted octanol–water partition coefficient (Wildman–Crippen LogP) is 4.07. The number of hydrogen-bond donors (Lipinski definition) is 3. The molecule has 0 aromatic heterocycles. The minimum absolute atomic E-state index is 0.0733. The van der Waals surface area contributed by atoms with Crippen molar-refractivity contribution in [1.29, 1.82) is 0 Å². The van der Waals surface area contributed by atoms with Crippen LogP contribution in [0.2, 0.25) is 0 Å². The molecule has 4 rings (SSSR count). The average molecular weight is 516 g/mol. The Morgan fingerprint density at radius 2 is 1.87 bits per heavy atom. The van der Waals surface area contributed by atoms with E-state index in [2.05, 4.69) is 10.9 Å². The number of benzene rings is 3. The molecule has 8 nitrogen and oxygen atoms in total. The molecule has 8 heteroatoms. The van der Waals surface area contributed by atoms with Crippen LogP contribution in [-0.2, 0) is 9.53 Å². The summed E-state index contributed by atoms with van der Waals surface area (Å²) in [5.41, 5.74) is 6.71. The van der Waals surface area contributed by atoms with E-state index in [0.29, 0.717) is 36.8 Å². The average Bonchev–Trinajstić information content (AvgIpc) is 3.35. The van der Waals surface area contributed by atoms with E-state index < -0.39 is 11.6 Å². The molecule has 0 radical (unpaired) electrons. The van der Waals surface area contributed by atoms with Crippen LogP contribution in [0.15, 0.2) is 89.9 Å². The first-order valence-corrected chi connectivity index (χ1v) is 12.5. The van der Waals surface area contributed by atoms with Crippen LogP contribution in [0.25, 0.3) is 6.08 Å². The standard InChI is InChI=1S/C30H33N3O5/c1-31-33-29(35)30(18-7-11-22-9-4-3-5-10-22)27(24-12-6-13-26(21-24)36-2)38-28(32-30)23-14-16-25(17-15-23)37-20-8-19-34/h3-7,9-17,21,27,31,34H,8,18-20H2,1-2H3,(H,33,35)/b11-7+/t27-,30-/m0/s1. The molecule has 2 atom stereocenters. The maximum Gasteiger partial charge on any atom is 0.266 e. The van der Waals surface area contributed by atoms with E-state index >= 15 is 0 Å². The number of ether oxygens (including phenoxy) is 3. The molecular weight excluding hydrogens is 482 g/mol. The topological polar surface area (TPSA) is 101 Å². The Labute approximate surface area is 222 Å². The SMILES string of the molecule is CNNC(=O)[C@@]1(C/C=C/c2ccccc2)N=C(c2ccc(OCCCO)cc2)O[C@H]1c1cccc(OC)c1. The van der Waals surface area contributed by atoms with Crippen molar-refractivity contribution in [2.75, 3.05) is 27.4 Å². The van der Waals surface area contributed by atoms with E-state index in [1.54, 1.807) is 14.2 Å². The lowest BCUT2D eigenvalue weighted by molar-refractivity contribution is -0.129. The number of hydrazine groups is 1. The smallest absolute Gasteiger partial charge is 0.266 e. The fourth-order valence-electron chi connectivity index (χ4n) is 4.28. The minimum Gasteiger partial charge on any atom is -0.497 e. The Kier molecular flexibility index (Phi) is 9.13. The third kappa shape index (κ3) is 6.22. The molecule has 0 fully saturated rings. The number of rotatable bonds is 12. The summed E-state index contributed by atoms with van der Waals surface area (Å²) in [6.45, 7) is 0.496. The van der Waals surface area contributed by atoms with Gasteiger partial charge in [-0.3, -0.25) is 10.2 Å². The molecule has 1 heterocycles. The number of methoxy groups -OCH3 is 1. The molecule has 38 heavy (non-hydrogen) atoms. The summed E-state index contributed by atoms with van der Waals surface area (Å²) in [5, 5.41) is 8.98. The molecule has 3 aromatic carbocycles. The largest absolute Gasteiger partial charge is 0.497 e. The van der Waals surface area contributed by atoms with Crippen LogP contribution in [0.5, 0.6) is 11.5 Å². The molecule has 0 aliphatic carbocycles. The van der Waals surface area contributed by atoms with Gasteiger partial charge in [-0.15, -0.1) is 0 Å². The fourth-order valence-corrected chi connectivity index (χ4v) is 4.28. The van der Waals surface area contributed by atoms with Gasteiger partial charge in [-0.2, -0.15) is 0 Å². The first kappa shape index (κ1) is 26.9. The van der Waals surface area contributed by atoms with Crippen molar-refractivity contribution < 1.29 is 24.1 Å². The summed E-state index contributed by atoms with van der Waals surface area (Å²) in [6, 6.07) is 24.7. The number of carbonyl (C=O) groups excluding carboxylic acids is 1. The summed E-state index contributed by atoms with van der Waals surface area (Å²) >= 11 is 0. The normalized spacial score (nSPS) is 18.6. The highest BCUT2D eigenvalue weighted by Crippen LogP contribution is 2.43. The van der Waals surface area contributed by atoms with Crippen molar-refractivity contribution in [2.24, 2.45) is 4.99 Å². The molecule has 0 bridgehead atoms. The number of aliphatic hydroxyl groups excluding tert-OH is 1. The number of carbonyl (C=O) groups is 1. The molecule has 1 amide bonds. The van der Waals surface area contributed by atoms with E-state index in [1.807, 2.05) is 91.0 Å². The summed E-state index contributed by atoms with van der Waals surface area (Å²) < 4.78 is 17.6. The second-order valence-electron chi connectivity index (χ2n) is 8.79.